The zero-order valence-corrected chi connectivity index (χ0v) is 12.9. The Morgan fingerprint density at radius 1 is 1.35 bits per heavy atom. The van der Waals surface area contributed by atoms with Gasteiger partial charge in [-0.1, -0.05) is 17.7 Å². The predicted octanol–water partition coefficient (Wildman–Crippen LogP) is 3.19. The number of benzene rings is 1. The van der Waals surface area contributed by atoms with Crippen molar-refractivity contribution in [2.75, 3.05) is 19.9 Å². The van der Waals surface area contributed by atoms with E-state index < -0.39 is 0 Å². The van der Waals surface area contributed by atoms with Crippen LogP contribution >= 0.6 is 23.4 Å². The second-order valence-corrected chi connectivity index (χ2v) is 5.59. The van der Waals surface area contributed by atoms with Crippen molar-refractivity contribution in [1.82, 2.24) is 15.3 Å². The predicted molar refractivity (Wildman–Crippen MR) is 82.6 cm³/mol. The van der Waals surface area contributed by atoms with Crippen molar-refractivity contribution >= 4 is 23.4 Å². The van der Waals surface area contributed by atoms with Gasteiger partial charge in [-0.2, -0.15) is 0 Å². The Bertz CT molecular complexity index is 568. The molecule has 0 aliphatic rings. The van der Waals surface area contributed by atoms with E-state index in [0.717, 1.165) is 21.4 Å². The van der Waals surface area contributed by atoms with Crippen molar-refractivity contribution in [1.29, 1.82) is 0 Å². The fourth-order valence-electron chi connectivity index (χ4n) is 1.77. The molecule has 0 bridgehead atoms. The number of thioether (sulfide) groups is 1. The molecular formula is C14H16ClN3OS. The molecule has 0 fully saturated rings. The van der Waals surface area contributed by atoms with Gasteiger partial charge in [0.1, 0.15) is 5.69 Å². The summed E-state index contributed by atoms with van der Waals surface area (Å²) in [6.45, 7) is 0. The van der Waals surface area contributed by atoms with Gasteiger partial charge in [0.25, 0.3) is 0 Å². The highest BCUT2D eigenvalue weighted by Gasteiger charge is 2.17. The summed E-state index contributed by atoms with van der Waals surface area (Å²) in [6, 6.07) is 7.86. The molecule has 0 saturated heterocycles. The third-order valence-corrected chi connectivity index (χ3v) is 4.10. The summed E-state index contributed by atoms with van der Waals surface area (Å²) < 4.78 is 5.26. The van der Waals surface area contributed by atoms with Gasteiger partial charge in [-0.3, -0.25) is 4.98 Å². The van der Waals surface area contributed by atoms with Gasteiger partial charge in [-0.25, -0.2) is 4.98 Å². The standard InChI is InChI=1S/C14H16ClN3OS/c1-16-12(13-14(19-2)18-7-6-17-13)9-20-11-5-3-4-10(15)8-11/h3-8,12,16H,9H2,1-2H3. The lowest BCUT2D eigenvalue weighted by molar-refractivity contribution is 0.383. The SMILES string of the molecule is CNC(CSc1cccc(Cl)c1)c1nccnc1OC. The summed E-state index contributed by atoms with van der Waals surface area (Å²) in [6.07, 6.45) is 3.30. The second kappa shape index (κ2) is 7.47. The van der Waals surface area contributed by atoms with E-state index in [1.807, 2.05) is 31.3 Å². The van der Waals surface area contributed by atoms with Crippen LogP contribution in [0.3, 0.4) is 0 Å². The van der Waals surface area contributed by atoms with E-state index in [9.17, 15) is 0 Å². The number of nitrogens with one attached hydrogen (secondary N) is 1. The molecule has 0 radical (unpaired) electrons. The Kier molecular flexibility index (Phi) is 5.64. The Morgan fingerprint density at radius 3 is 2.85 bits per heavy atom. The maximum Gasteiger partial charge on any atom is 0.237 e. The number of nitrogens with zero attached hydrogens (tertiary/aromatic N) is 2. The number of hydrogen-bond acceptors (Lipinski definition) is 5. The van der Waals surface area contributed by atoms with Crippen LogP contribution in [0.5, 0.6) is 5.88 Å². The van der Waals surface area contributed by atoms with E-state index in [4.69, 9.17) is 16.3 Å². The molecule has 20 heavy (non-hydrogen) atoms. The van der Waals surface area contributed by atoms with Gasteiger partial charge >= 0.3 is 0 Å². The molecule has 1 aromatic heterocycles. The fraction of sp³-hybridized carbons (Fsp3) is 0.286. The third kappa shape index (κ3) is 3.85. The molecule has 1 atom stereocenters. The van der Waals surface area contributed by atoms with E-state index in [0.29, 0.717) is 5.88 Å². The second-order valence-electron chi connectivity index (χ2n) is 4.06. The Balaban J connectivity index is 2.09. The molecule has 1 unspecified atom stereocenters. The normalized spacial score (nSPS) is 12.2. The lowest BCUT2D eigenvalue weighted by Crippen LogP contribution is -2.21. The molecule has 106 valence electrons. The highest BCUT2D eigenvalue weighted by Crippen LogP contribution is 2.28. The fourth-order valence-corrected chi connectivity index (χ4v) is 3.09. The molecule has 0 amide bonds. The van der Waals surface area contributed by atoms with E-state index in [-0.39, 0.29) is 6.04 Å². The molecule has 0 spiro atoms. The minimum atomic E-state index is 0.0580. The van der Waals surface area contributed by atoms with Crippen LogP contribution in [-0.4, -0.2) is 29.9 Å². The average molecular weight is 310 g/mol. The van der Waals surface area contributed by atoms with Gasteiger partial charge in [-0.05, 0) is 25.2 Å². The highest BCUT2D eigenvalue weighted by atomic mass is 35.5. The molecule has 2 aromatic rings. The summed E-state index contributed by atoms with van der Waals surface area (Å²) in [7, 11) is 3.50. The molecule has 2 rings (SSSR count). The van der Waals surface area contributed by atoms with Crippen molar-refractivity contribution in [3.63, 3.8) is 0 Å². The van der Waals surface area contributed by atoms with Crippen molar-refractivity contribution in [2.45, 2.75) is 10.9 Å². The minimum Gasteiger partial charge on any atom is -0.480 e. The molecule has 0 aliphatic heterocycles. The van der Waals surface area contributed by atoms with E-state index >= 15 is 0 Å². The molecule has 1 N–H and O–H groups in total. The first-order valence-electron chi connectivity index (χ1n) is 6.15. The molecule has 0 saturated carbocycles. The molecule has 4 nitrogen and oxygen atoms in total. The van der Waals surface area contributed by atoms with Crippen LogP contribution in [0.4, 0.5) is 0 Å². The lowest BCUT2D eigenvalue weighted by Gasteiger charge is -2.17. The molecular weight excluding hydrogens is 294 g/mol. The average Bonchev–Trinajstić information content (AvgIpc) is 2.48. The Hall–Kier alpha value is -1.30. The van der Waals surface area contributed by atoms with E-state index in [2.05, 4.69) is 15.3 Å². The third-order valence-electron chi connectivity index (χ3n) is 2.78. The van der Waals surface area contributed by atoms with Gasteiger partial charge in [0.05, 0.1) is 13.2 Å². The van der Waals surface area contributed by atoms with Gasteiger partial charge in [0.2, 0.25) is 5.88 Å². The highest BCUT2D eigenvalue weighted by molar-refractivity contribution is 7.99. The van der Waals surface area contributed by atoms with Gasteiger partial charge in [0, 0.05) is 28.1 Å². The summed E-state index contributed by atoms with van der Waals surface area (Å²) in [4.78, 5) is 9.67. The van der Waals surface area contributed by atoms with Crippen molar-refractivity contribution in [3.8, 4) is 5.88 Å². The van der Waals surface area contributed by atoms with Crippen LogP contribution in [0, 0.1) is 0 Å². The maximum absolute atomic E-state index is 5.99. The van der Waals surface area contributed by atoms with Gasteiger partial charge in [0.15, 0.2) is 0 Å². The van der Waals surface area contributed by atoms with Crippen LogP contribution in [-0.2, 0) is 0 Å². The maximum atomic E-state index is 5.99. The van der Waals surface area contributed by atoms with Gasteiger partial charge in [-0.15, -0.1) is 11.8 Å². The van der Waals surface area contributed by atoms with Crippen LogP contribution in [0.1, 0.15) is 11.7 Å². The number of ether oxygens (including phenoxy) is 1. The first-order valence-corrected chi connectivity index (χ1v) is 7.51. The van der Waals surface area contributed by atoms with Crippen LogP contribution in [0.2, 0.25) is 5.02 Å². The summed E-state index contributed by atoms with van der Waals surface area (Å²) in [5.41, 5.74) is 0.812. The topological polar surface area (TPSA) is 47.0 Å². The molecule has 0 aliphatic carbocycles. The van der Waals surface area contributed by atoms with E-state index in [1.54, 1.807) is 31.3 Å². The van der Waals surface area contributed by atoms with E-state index in [1.165, 1.54) is 0 Å². The largest absolute Gasteiger partial charge is 0.480 e. The summed E-state index contributed by atoms with van der Waals surface area (Å²) >= 11 is 7.70. The summed E-state index contributed by atoms with van der Waals surface area (Å²) in [5, 5.41) is 3.99. The number of aromatic nitrogens is 2. The zero-order valence-electron chi connectivity index (χ0n) is 11.3. The first kappa shape index (κ1) is 15.1. The van der Waals surface area contributed by atoms with Gasteiger partial charge < -0.3 is 10.1 Å². The molecule has 6 heteroatoms. The number of rotatable bonds is 6. The first-order chi connectivity index (χ1) is 9.74. The number of methoxy groups -OCH3 is 1. The minimum absolute atomic E-state index is 0.0580. The smallest absolute Gasteiger partial charge is 0.237 e. The van der Waals surface area contributed by atoms with Crippen LogP contribution < -0.4 is 10.1 Å². The number of halogens is 1. The van der Waals surface area contributed by atoms with Crippen molar-refractivity contribution in [2.24, 2.45) is 0 Å². The Labute approximate surface area is 127 Å². The zero-order chi connectivity index (χ0) is 14.4. The van der Waals surface area contributed by atoms with Crippen molar-refractivity contribution < 1.29 is 4.74 Å². The Morgan fingerprint density at radius 2 is 2.15 bits per heavy atom. The quantitative estimate of drug-likeness (QED) is 0.830. The molecule has 1 aromatic carbocycles. The lowest BCUT2D eigenvalue weighted by atomic mass is 10.2. The van der Waals surface area contributed by atoms with Crippen LogP contribution in [0.15, 0.2) is 41.6 Å². The van der Waals surface area contributed by atoms with Crippen molar-refractivity contribution in [3.05, 3.63) is 47.4 Å². The number of hydrogen-bond donors (Lipinski definition) is 1. The molecule has 1 heterocycles. The monoisotopic (exact) mass is 309 g/mol. The van der Waals surface area contributed by atoms with Crippen LogP contribution in [0.25, 0.3) is 0 Å². The summed E-state index contributed by atoms with van der Waals surface area (Å²) in [5.74, 6) is 1.37.